The molecule has 0 aromatic carbocycles. The van der Waals surface area contributed by atoms with Gasteiger partial charge in [0, 0.05) is 23.4 Å². The third-order valence-electron chi connectivity index (χ3n) is 3.58. The lowest BCUT2D eigenvalue weighted by Gasteiger charge is -2.29. The molecule has 18 heavy (non-hydrogen) atoms. The fourth-order valence-electron chi connectivity index (χ4n) is 2.47. The minimum atomic E-state index is 0.506. The molecule has 2 heterocycles. The lowest BCUT2D eigenvalue weighted by Crippen LogP contribution is -2.33. The molecule has 0 aliphatic carbocycles. The maximum absolute atomic E-state index is 5.89. The molecule has 1 aliphatic heterocycles. The van der Waals surface area contributed by atoms with Crippen LogP contribution in [0.4, 0.5) is 0 Å². The van der Waals surface area contributed by atoms with Crippen LogP contribution in [-0.2, 0) is 5.88 Å². The Bertz CT molecular complexity index is 397. The van der Waals surface area contributed by atoms with Gasteiger partial charge in [0.15, 0.2) is 0 Å². The van der Waals surface area contributed by atoms with Crippen LogP contribution in [0.3, 0.4) is 0 Å². The van der Waals surface area contributed by atoms with E-state index in [9.17, 15) is 0 Å². The molecule has 0 saturated carbocycles. The lowest BCUT2D eigenvalue weighted by molar-refractivity contribution is 0.224. The molecule has 0 bridgehead atoms. The molecule has 0 spiro atoms. The first-order valence-electron chi connectivity index (χ1n) is 6.52. The number of halogens is 1. The zero-order valence-electron chi connectivity index (χ0n) is 11.2. The quantitative estimate of drug-likeness (QED) is 0.621. The number of hydrogen-bond donors (Lipinski definition) is 0. The van der Waals surface area contributed by atoms with Gasteiger partial charge in [0.05, 0.1) is 11.6 Å². The van der Waals surface area contributed by atoms with Gasteiger partial charge in [-0.05, 0) is 50.9 Å². The maximum Gasteiger partial charge on any atom is 0.0650 e. The molecule has 1 unspecified atom stereocenters. The summed E-state index contributed by atoms with van der Waals surface area (Å²) in [6, 6.07) is 2.11. The second-order valence-electron chi connectivity index (χ2n) is 5.10. The molecule has 0 N–H and O–H groups in total. The fourth-order valence-corrected chi connectivity index (χ4v) is 3.92. The van der Waals surface area contributed by atoms with Gasteiger partial charge in [-0.15, -0.1) is 23.4 Å². The van der Waals surface area contributed by atoms with Gasteiger partial charge in [0.1, 0.15) is 0 Å². The number of nitrogens with zero attached hydrogens (tertiary/aromatic N) is 2. The number of aromatic nitrogens is 1. The predicted octanol–water partition coefficient (Wildman–Crippen LogP) is 3.56. The predicted molar refractivity (Wildman–Crippen MR) is 79.5 cm³/mol. The van der Waals surface area contributed by atoms with E-state index in [2.05, 4.69) is 29.9 Å². The van der Waals surface area contributed by atoms with Gasteiger partial charge in [-0.2, -0.15) is 0 Å². The SMILES string of the molecule is Cc1c(SCC2CCCN(C)C2)ccnc1CCl. The zero-order valence-corrected chi connectivity index (χ0v) is 12.7. The highest BCUT2D eigenvalue weighted by Gasteiger charge is 2.17. The Morgan fingerprint density at radius 1 is 1.56 bits per heavy atom. The van der Waals surface area contributed by atoms with Crippen molar-refractivity contribution in [2.45, 2.75) is 30.5 Å². The van der Waals surface area contributed by atoms with Gasteiger partial charge >= 0.3 is 0 Å². The number of thioether (sulfide) groups is 1. The van der Waals surface area contributed by atoms with E-state index in [-0.39, 0.29) is 0 Å². The van der Waals surface area contributed by atoms with Crippen molar-refractivity contribution in [3.63, 3.8) is 0 Å². The molecule has 1 aromatic rings. The molecule has 1 saturated heterocycles. The summed E-state index contributed by atoms with van der Waals surface area (Å²) in [6.07, 6.45) is 4.58. The van der Waals surface area contributed by atoms with E-state index < -0.39 is 0 Å². The van der Waals surface area contributed by atoms with Crippen molar-refractivity contribution in [3.8, 4) is 0 Å². The fraction of sp³-hybridized carbons (Fsp3) is 0.643. The van der Waals surface area contributed by atoms with Crippen molar-refractivity contribution in [3.05, 3.63) is 23.5 Å². The van der Waals surface area contributed by atoms with Crippen molar-refractivity contribution < 1.29 is 0 Å². The van der Waals surface area contributed by atoms with Crippen LogP contribution >= 0.6 is 23.4 Å². The number of likely N-dealkylation sites (tertiary alicyclic amines) is 1. The highest BCUT2D eigenvalue weighted by Crippen LogP contribution is 2.28. The lowest BCUT2D eigenvalue weighted by atomic mass is 10.0. The van der Waals surface area contributed by atoms with E-state index in [0.29, 0.717) is 5.88 Å². The van der Waals surface area contributed by atoms with Gasteiger partial charge in [0.25, 0.3) is 0 Å². The largest absolute Gasteiger partial charge is 0.306 e. The van der Waals surface area contributed by atoms with E-state index in [4.69, 9.17) is 11.6 Å². The number of rotatable bonds is 4. The van der Waals surface area contributed by atoms with Crippen LogP contribution in [0.2, 0.25) is 0 Å². The number of piperidine rings is 1. The van der Waals surface area contributed by atoms with Crippen molar-refractivity contribution in [1.82, 2.24) is 9.88 Å². The van der Waals surface area contributed by atoms with Crippen molar-refractivity contribution >= 4 is 23.4 Å². The van der Waals surface area contributed by atoms with Crippen LogP contribution in [0.1, 0.15) is 24.1 Å². The first kappa shape index (κ1) is 14.2. The van der Waals surface area contributed by atoms with Gasteiger partial charge in [-0.1, -0.05) is 0 Å². The first-order valence-corrected chi connectivity index (χ1v) is 8.04. The minimum Gasteiger partial charge on any atom is -0.306 e. The Balaban J connectivity index is 1.93. The topological polar surface area (TPSA) is 16.1 Å². The number of alkyl halides is 1. The van der Waals surface area contributed by atoms with Crippen LogP contribution in [0, 0.1) is 12.8 Å². The summed E-state index contributed by atoms with van der Waals surface area (Å²) in [5.41, 5.74) is 2.27. The van der Waals surface area contributed by atoms with E-state index in [1.165, 1.54) is 42.1 Å². The third-order valence-corrected chi connectivity index (χ3v) is 5.23. The van der Waals surface area contributed by atoms with Crippen LogP contribution < -0.4 is 0 Å². The summed E-state index contributed by atoms with van der Waals surface area (Å²) < 4.78 is 0. The summed E-state index contributed by atoms with van der Waals surface area (Å²) in [4.78, 5) is 8.10. The molecular weight excluding hydrogens is 264 g/mol. The van der Waals surface area contributed by atoms with Crippen molar-refractivity contribution in [2.24, 2.45) is 5.92 Å². The zero-order chi connectivity index (χ0) is 13.0. The summed E-state index contributed by atoms with van der Waals surface area (Å²) in [5, 5.41) is 0. The van der Waals surface area contributed by atoms with E-state index in [1.54, 1.807) is 0 Å². The Morgan fingerprint density at radius 2 is 2.39 bits per heavy atom. The van der Waals surface area contributed by atoms with Gasteiger partial charge in [0.2, 0.25) is 0 Å². The van der Waals surface area contributed by atoms with Crippen molar-refractivity contribution in [2.75, 3.05) is 25.9 Å². The summed E-state index contributed by atoms with van der Waals surface area (Å²) in [5.74, 6) is 2.53. The average molecular weight is 285 g/mol. The van der Waals surface area contributed by atoms with Crippen molar-refractivity contribution in [1.29, 1.82) is 0 Å². The third kappa shape index (κ3) is 3.62. The Kier molecular flexibility index (Phi) is 5.34. The standard InChI is InChI=1S/C14H21ClN2S/c1-11-13(8-15)16-6-5-14(11)18-10-12-4-3-7-17(2)9-12/h5-6,12H,3-4,7-10H2,1-2H3. The molecule has 4 heteroatoms. The summed E-state index contributed by atoms with van der Waals surface area (Å²) in [7, 11) is 2.22. The normalized spacial score (nSPS) is 21.2. The Labute approximate surface area is 119 Å². The molecule has 1 fully saturated rings. The Morgan fingerprint density at radius 3 is 3.11 bits per heavy atom. The van der Waals surface area contributed by atoms with Crippen LogP contribution in [0.5, 0.6) is 0 Å². The smallest absolute Gasteiger partial charge is 0.0650 e. The van der Waals surface area contributed by atoms with Gasteiger partial charge in [-0.25, -0.2) is 0 Å². The molecule has 0 radical (unpaired) electrons. The Hall–Kier alpha value is -0.250. The van der Waals surface area contributed by atoms with E-state index in [1.807, 2.05) is 18.0 Å². The molecular formula is C14H21ClN2S. The van der Waals surface area contributed by atoms with E-state index >= 15 is 0 Å². The van der Waals surface area contributed by atoms with E-state index in [0.717, 1.165) is 11.6 Å². The highest BCUT2D eigenvalue weighted by atomic mass is 35.5. The maximum atomic E-state index is 5.89. The number of hydrogen-bond acceptors (Lipinski definition) is 3. The summed E-state index contributed by atoms with van der Waals surface area (Å²) in [6.45, 7) is 4.62. The molecule has 100 valence electrons. The van der Waals surface area contributed by atoms with Gasteiger partial charge < -0.3 is 4.90 Å². The van der Waals surface area contributed by atoms with Crippen LogP contribution in [-0.4, -0.2) is 35.8 Å². The molecule has 1 aromatic heterocycles. The molecule has 2 nitrogen and oxygen atoms in total. The monoisotopic (exact) mass is 284 g/mol. The van der Waals surface area contributed by atoms with Crippen LogP contribution in [0.15, 0.2) is 17.2 Å². The first-order chi connectivity index (χ1) is 8.70. The molecule has 2 rings (SSSR count). The summed E-state index contributed by atoms with van der Waals surface area (Å²) >= 11 is 7.85. The molecule has 1 aliphatic rings. The average Bonchev–Trinajstić information content (AvgIpc) is 2.38. The molecule has 0 amide bonds. The number of pyridine rings is 1. The second kappa shape index (κ2) is 6.78. The van der Waals surface area contributed by atoms with Crippen LogP contribution in [0.25, 0.3) is 0 Å². The van der Waals surface area contributed by atoms with Gasteiger partial charge in [-0.3, -0.25) is 4.98 Å². The highest BCUT2D eigenvalue weighted by molar-refractivity contribution is 7.99. The second-order valence-corrected chi connectivity index (χ2v) is 6.43. The minimum absolute atomic E-state index is 0.506. The molecule has 1 atom stereocenters.